The minimum Gasteiger partial charge on any atom is -0.480 e. The summed E-state index contributed by atoms with van der Waals surface area (Å²) >= 11 is 0. The number of carbonyl (C=O) groups excluding carboxylic acids is 1. The lowest BCUT2D eigenvalue weighted by molar-refractivity contribution is -0.135. The fourth-order valence-electron chi connectivity index (χ4n) is 0.890. The molecular weight excluding hydrogens is 270 g/mol. The lowest BCUT2D eigenvalue weighted by Gasteiger charge is -2.10. The molecule has 0 aromatic heterocycles. The lowest BCUT2D eigenvalue weighted by Crippen LogP contribution is -2.32. The second-order valence-electron chi connectivity index (χ2n) is 5.90. The number of rotatable bonds is 5. The van der Waals surface area contributed by atoms with E-state index in [1.165, 1.54) is 6.42 Å². The van der Waals surface area contributed by atoms with Gasteiger partial charge in [-0.3, -0.25) is 4.79 Å². The third-order valence-corrected chi connectivity index (χ3v) is 2.17. The number of carboxylic acid groups (broad SMARTS) is 1. The Morgan fingerprint density at radius 1 is 1.38 bits per heavy atom. The average molecular weight is 301 g/mol. The number of hydrogen-bond acceptors (Lipinski definition) is 3. The quantitative estimate of drug-likeness (QED) is 0.753. The highest BCUT2D eigenvalue weighted by Gasteiger charge is 2.41. The topological polar surface area (TPSA) is 75.6 Å². The van der Waals surface area contributed by atoms with Crippen LogP contribution in [0.4, 0.5) is 4.79 Å². The lowest BCUT2D eigenvalue weighted by atomic mass is 10.3. The molecule has 0 atom stereocenters. The predicted octanol–water partition coefficient (Wildman–Crippen LogP) is 3.98. The van der Waals surface area contributed by atoms with Crippen molar-refractivity contribution in [1.29, 1.82) is 0 Å². The molecule has 0 saturated heterocycles. The number of ether oxygens (including phenoxy) is 1. The second kappa shape index (κ2) is 12.2. The molecule has 1 fully saturated rings. The number of nitrogens with one attached hydrogen (secondary N) is 1. The van der Waals surface area contributed by atoms with Gasteiger partial charge < -0.3 is 15.2 Å². The van der Waals surface area contributed by atoms with Crippen molar-refractivity contribution in [3.05, 3.63) is 12.7 Å². The van der Waals surface area contributed by atoms with Crippen LogP contribution in [-0.2, 0) is 9.53 Å². The molecule has 5 heteroatoms. The summed E-state index contributed by atoms with van der Waals surface area (Å²) in [4.78, 5) is 20.8. The van der Waals surface area contributed by atoms with Gasteiger partial charge in [0.1, 0.15) is 12.1 Å². The summed E-state index contributed by atoms with van der Waals surface area (Å²) in [6, 6.07) is 0. The molecule has 5 nitrogen and oxygen atoms in total. The third kappa shape index (κ3) is 20.9. The van der Waals surface area contributed by atoms with Crippen LogP contribution in [0.3, 0.4) is 0 Å². The van der Waals surface area contributed by atoms with Gasteiger partial charge in [-0.05, 0) is 32.1 Å². The molecule has 0 radical (unpaired) electrons. The van der Waals surface area contributed by atoms with E-state index < -0.39 is 18.6 Å². The fraction of sp³-hybridized carbons (Fsp3) is 0.750. The van der Waals surface area contributed by atoms with E-state index in [0.717, 1.165) is 25.2 Å². The molecule has 124 valence electrons. The molecule has 0 spiro atoms. The maximum Gasteiger partial charge on any atom is 0.408 e. The zero-order valence-electron chi connectivity index (χ0n) is 14.1. The number of aliphatic carboxylic acids is 1. The van der Waals surface area contributed by atoms with E-state index in [0.29, 0.717) is 0 Å². The van der Waals surface area contributed by atoms with Crippen LogP contribution in [0.15, 0.2) is 12.7 Å². The minimum atomic E-state index is -1.08. The van der Waals surface area contributed by atoms with Crippen molar-refractivity contribution in [2.24, 2.45) is 5.92 Å². The second-order valence-corrected chi connectivity index (χ2v) is 5.90. The van der Waals surface area contributed by atoms with Gasteiger partial charge in [0, 0.05) is 0 Å². The summed E-state index contributed by atoms with van der Waals surface area (Å²) in [5, 5.41) is 10.3. The molecule has 0 aromatic rings. The number of allylic oxidation sites excluding steroid dienone is 1. The highest BCUT2D eigenvalue weighted by Crippen LogP contribution is 2.38. The van der Waals surface area contributed by atoms with Crippen LogP contribution in [0.25, 0.3) is 0 Å². The largest absolute Gasteiger partial charge is 0.480 e. The average Bonchev–Trinajstić information content (AvgIpc) is 3.05. The molecule has 21 heavy (non-hydrogen) atoms. The molecule has 1 aliphatic carbocycles. The van der Waals surface area contributed by atoms with E-state index in [4.69, 9.17) is 9.84 Å². The van der Waals surface area contributed by atoms with Crippen molar-refractivity contribution in [2.45, 2.75) is 65.9 Å². The molecule has 1 amide bonds. The molecular formula is C16H31NO4. The Kier molecular flexibility index (Phi) is 12.7. The van der Waals surface area contributed by atoms with Crippen molar-refractivity contribution in [3.8, 4) is 0 Å². The molecule has 1 aliphatic rings. The van der Waals surface area contributed by atoms with Gasteiger partial charge in [0.15, 0.2) is 0 Å². The van der Waals surface area contributed by atoms with E-state index in [1.807, 2.05) is 13.0 Å². The van der Waals surface area contributed by atoms with E-state index in [9.17, 15) is 9.59 Å². The van der Waals surface area contributed by atoms with Crippen molar-refractivity contribution in [3.63, 3.8) is 0 Å². The van der Waals surface area contributed by atoms with Gasteiger partial charge in [0.25, 0.3) is 0 Å². The molecule has 0 bridgehead atoms. The summed E-state index contributed by atoms with van der Waals surface area (Å²) in [6.07, 6.45) is 5.36. The first-order valence-corrected chi connectivity index (χ1v) is 7.46. The Hall–Kier alpha value is -1.52. The van der Waals surface area contributed by atoms with Crippen molar-refractivity contribution in [2.75, 3.05) is 6.54 Å². The van der Waals surface area contributed by atoms with Gasteiger partial charge in [-0.25, -0.2) is 4.79 Å². The van der Waals surface area contributed by atoms with Gasteiger partial charge in [0.2, 0.25) is 0 Å². The van der Waals surface area contributed by atoms with Crippen LogP contribution in [0.1, 0.15) is 60.3 Å². The summed E-state index contributed by atoms with van der Waals surface area (Å²) < 4.78 is 4.89. The molecule has 0 aliphatic heterocycles. The summed E-state index contributed by atoms with van der Waals surface area (Å²) in [6.45, 7) is 13.6. The van der Waals surface area contributed by atoms with E-state index in [2.05, 4.69) is 39.6 Å². The highest BCUT2D eigenvalue weighted by molar-refractivity contribution is 5.76. The molecule has 2 N–H and O–H groups in total. The Morgan fingerprint density at radius 3 is 2.10 bits per heavy atom. The van der Waals surface area contributed by atoms with Crippen LogP contribution in [-0.4, -0.2) is 29.3 Å². The Morgan fingerprint density at radius 2 is 1.86 bits per heavy atom. The van der Waals surface area contributed by atoms with Gasteiger partial charge in [-0.1, -0.05) is 40.2 Å². The standard InChI is InChI=1S/C7H11NO4.C5H10.C4H10/c1-7(2-3-7)12-6(11)8-4-5(9)10;1-3-5-4-2;1-4(2)3/h2-4H2,1H3,(H,8,11)(H,9,10);3H,1,4-5H2,2H3;4H,1-3H3. The van der Waals surface area contributed by atoms with Gasteiger partial charge in [0.05, 0.1) is 0 Å². The van der Waals surface area contributed by atoms with Crippen molar-refractivity contribution < 1.29 is 19.4 Å². The number of carbonyl (C=O) groups is 2. The number of alkyl carbamates (subject to hydrolysis) is 1. The van der Waals surface area contributed by atoms with Crippen LogP contribution in [0.2, 0.25) is 0 Å². The molecule has 0 aromatic carbocycles. The maximum absolute atomic E-state index is 10.8. The number of carboxylic acids is 1. The van der Waals surface area contributed by atoms with Crippen molar-refractivity contribution in [1.82, 2.24) is 5.32 Å². The summed E-state index contributed by atoms with van der Waals surface area (Å²) in [7, 11) is 0. The van der Waals surface area contributed by atoms with Crippen molar-refractivity contribution >= 4 is 12.1 Å². The molecule has 0 unspecified atom stereocenters. The smallest absolute Gasteiger partial charge is 0.408 e. The zero-order valence-corrected chi connectivity index (χ0v) is 14.1. The fourth-order valence-corrected chi connectivity index (χ4v) is 0.890. The van der Waals surface area contributed by atoms with E-state index >= 15 is 0 Å². The first kappa shape index (κ1) is 21.8. The zero-order chi connectivity index (χ0) is 16.9. The Labute approximate surface area is 128 Å². The van der Waals surface area contributed by atoms with Crippen LogP contribution in [0, 0.1) is 5.92 Å². The SMILES string of the molecule is C=CCCC.CC(C)C.CC1(OC(=O)NCC(=O)O)CC1. The minimum absolute atomic E-state index is 0.345. The first-order chi connectivity index (χ1) is 9.66. The maximum atomic E-state index is 10.8. The number of unbranched alkanes of at least 4 members (excludes halogenated alkanes) is 1. The first-order valence-electron chi connectivity index (χ1n) is 7.46. The highest BCUT2D eigenvalue weighted by atomic mass is 16.6. The van der Waals surface area contributed by atoms with Crippen LogP contribution in [0.5, 0.6) is 0 Å². The van der Waals surface area contributed by atoms with Crippen LogP contribution >= 0.6 is 0 Å². The summed E-state index contributed by atoms with van der Waals surface area (Å²) in [5.74, 6) is -0.243. The van der Waals surface area contributed by atoms with Gasteiger partial charge >= 0.3 is 12.1 Å². The van der Waals surface area contributed by atoms with Gasteiger partial charge in [-0.15, -0.1) is 6.58 Å². The van der Waals surface area contributed by atoms with Gasteiger partial charge in [-0.2, -0.15) is 0 Å². The number of amides is 1. The molecule has 0 heterocycles. The normalized spacial score (nSPS) is 13.8. The monoisotopic (exact) mass is 301 g/mol. The molecule has 1 rings (SSSR count). The van der Waals surface area contributed by atoms with E-state index in [-0.39, 0.29) is 5.60 Å². The third-order valence-electron chi connectivity index (χ3n) is 2.17. The number of hydrogen-bond donors (Lipinski definition) is 2. The Balaban J connectivity index is 0. The van der Waals surface area contributed by atoms with Crippen LogP contribution < -0.4 is 5.32 Å². The summed E-state index contributed by atoms with van der Waals surface area (Å²) in [5.41, 5.74) is -0.345. The Bertz CT molecular complexity index is 307. The predicted molar refractivity (Wildman–Crippen MR) is 85.4 cm³/mol. The molecule has 1 saturated carbocycles. The van der Waals surface area contributed by atoms with E-state index in [1.54, 1.807) is 0 Å².